The summed E-state index contributed by atoms with van der Waals surface area (Å²) in [5, 5.41) is 3.19. The van der Waals surface area contributed by atoms with E-state index in [1.807, 2.05) is 6.07 Å². The van der Waals surface area contributed by atoms with Crippen molar-refractivity contribution in [2.75, 3.05) is 19.0 Å². The number of imidazole rings is 1. The second-order valence-corrected chi connectivity index (χ2v) is 6.94. The first kappa shape index (κ1) is 18.8. The Labute approximate surface area is 177 Å². The third kappa shape index (κ3) is 3.28. The fraction of sp³-hybridized carbons (Fsp3) is 0.182. The molecule has 5 rings (SSSR count). The summed E-state index contributed by atoms with van der Waals surface area (Å²) in [6.45, 7) is 8.13. The van der Waals surface area contributed by atoms with E-state index in [0.29, 0.717) is 36.1 Å². The molecule has 0 unspecified atom stereocenters. The Morgan fingerprint density at radius 1 is 1.32 bits per heavy atom. The third-order valence-corrected chi connectivity index (χ3v) is 5.21. The zero-order chi connectivity index (χ0) is 21.4. The molecule has 0 bridgehead atoms. The first-order valence-electron chi connectivity index (χ1n) is 9.61. The predicted molar refractivity (Wildman–Crippen MR) is 112 cm³/mol. The molecular formula is C22H17FN6O2. The zero-order valence-corrected chi connectivity index (χ0v) is 16.6. The molecule has 154 valence electrons. The summed E-state index contributed by atoms with van der Waals surface area (Å²) in [5.41, 5.74) is 3.51. The average Bonchev–Trinajstić information content (AvgIpc) is 3.45. The van der Waals surface area contributed by atoms with Gasteiger partial charge in [-0.05, 0) is 23.8 Å². The van der Waals surface area contributed by atoms with Gasteiger partial charge in [-0.15, -0.1) is 0 Å². The number of fused-ring (bicyclic) bond motifs is 2. The zero-order valence-electron chi connectivity index (χ0n) is 16.6. The normalized spacial score (nSPS) is 12.3. The highest BCUT2D eigenvalue weighted by atomic mass is 19.1. The Bertz CT molecular complexity index is 1340. The van der Waals surface area contributed by atoms with E-state index in [9.17, 15) is 4.39 Å². The highest BCUT2D eigenvalue weighted by molar-refractivity contribution is 5.79. The van der Waals surface area contributed by atoms with Crippen LogP contribution in [0.25, 0.3) is 21.6 Å². The minimum atomic E-state index is -0.291. The SMILES string of the molecule is [C-]#[N+]c1cn2c(NCc3c(F)ccc4c3CCO4)ncc(-c3ccnc(OC)c3)c2n1. The van der Waals surface area contributed by atoms with Crippen LogP contribution in [-0.4, -0.2) is 33.1 Å². The van der Waals surface area contributed by atoms with Crippen LogP contribution in [0.4, 0.5) is 16.2 Å². The van der Waals surface area contributed by atoms with Crippen LogP contribution in [0.2, 0.25) is 0 Å². The van der Waals surface area contributed by atoms with E-state index in [2.05, 4.69) is 25.1 Å². The van der Waals surface area contributed by atoms with Gasteiger partial charge >= 0.3 is 0 Å². The third-order valence-electron chi connectivity index (χ3n) is 5.21. The van der Waals surface area contributed by atoms with Gasteiger partial charge < -0.3 is 19.6 Å². The lowest BCUT2D eigenvalue weighted by Gasteiger charge is -2.12. The van der Waals surface area contributed by atoms with Crippen molar-refractivity contribution in [2.24, 2.45) is 0 Å². The van der Waals surface area contributed by atoms with Gasteiger partial charge in [0.2, 0.25) is 17.5 Å². The van der Waals surface area contributed by atoms with Gasteiger partial charge in [-0.1, -0.05) is 11.6 Å². The van der Waals surface area contributed by atoms with Crippen molar-refractivity contribution in [1.29, 1.82) is 0 Å². The highest BCUT2D eigenvalue weighted by Gasteiger charge is 2.21. The number of aromatic nitrogens is 4. The molecule has 9 heteroatoms. The van der Waals surface area contributed by atoms with Crippen molar-refractivity contribution in [2.45, 2.75) is 13.0 Å². The lowest BCUT2D eigenvalue weighted by Crippen LogP contribution is -2.09. The van der Waals surface area contributed by atoms with Crippen molar-refractivity contribution >= 4 is 17.4 Å². The van der Waals surface area contributed by atoms with E-state index in [1.54, 1.807) is 42.2 Å². The smallest absolute Gasteiger partial charge is 0.288 e. The maximum Gasteiger partial charge on any atom is 0.288 e. The monoisotopic (exact) mass is 416 g/mol. The first-order valence-corrected chi connectivity index (χ1v) is 9.61. The van der Waals surface area contributed by atoms with Crippen LogP contribution in [0.1, 0.15) is 11.1 Å². The van der Waals surface area contributed by atoms with E-state index in [0.717, 1.165) is 22.4 Å². The molecule has 0 aliphatic carbocycles. The summed E-state index contributed by atoms with van der Waals surface area (Å²) in [6, 6.07) is 6.67. The van der Waals surface area contributed by atoms with Crippen LogP contribution in [0.3, 0.4) is 0 Å². The minimum Gasteiger partial charge on any atom is -0.493 e. The molecule has 1 aliphatic rings. The molecule has 0 radical (unpaired) electrons. The number of hydrogen-bond donors (Lipinski definition) is 1. The summed E-state index contributed by atoms with van der Waals surface area (Å²) in [6.07, 6.45) is 5.58. The van der Waals surface area contributed by atoms with E-state index in [1.165, 1.54) is 6.07 Å². The van der Waals surface area contributed by atoms with Crippen molar-refractivity contribution in [3.63, 3.8) is 0 Å². The van der Waals surface area contributed by atoms with Gasteiger partial charge in [0, 0.05) is 48.7 Å². The van der Waals surface area contributed by atoms with E-state index in [-0.39, 0.29) is 18.2 Å². The van der Waals surface area contributed by atoms with E-state index < -0.39 is 0 Å². The lowest BCUT2D eigenvalue weighted by molar-refractivity contribution is 0.356. The topological polar surface area (TPSA) is 77.9 Å². The molecule has 0 fully saturated rings. The predicted octanol–water partition coefficient (Wildman–Crippen LogP) is 4.04. The van der Waals surface area contributed by atoms with Gasteiger partial charge in [-0.25, -0.2) is 14.4 Å². The summed E-state index contributed by atoms with van der Waals surface area (Å²) in [5.74, 6) is 1.58. The van der Waals surface area contributed by atoms with Crippen molar-refractivity contribution in [1.82, 2.24) is 19.4 Å². The standard InChI is InChI=1S/C22H17FN6O2/c1-24-19-12-29-21(28-19)15(13-5-7-25-20(9-13)30-2)10-26-22(29)27-11-16-14-6-8-31-18(14)4-3-17(16)23/h3-5,7,9-10,12H,6,8,11H2,2H3,(H,26,27). The molecule has 0 atom stereocenters. The Morgan fingerprint density at radius 3 is 3.06 bits per heavy atom. The molecule has 8 nitrogen and oxygen atoms in total. The molecule has 0 saturated heterocycles. The number of ether oxygens (including phenoxy) is 2. The van der Waals surface area contributed by atoms with Crippen LogP contribution in [0.15, 0.2) is 42.9 Å². The van der Waals surface area contributed by atoms with Gasteiger partial charge in [0.15, 0.2) is 0 Å². The fourth-order valence-electron chi connectivity index (χ4n) is 3.72. The van der Waals surface area contributed by atoms with Gasteiger partial charge in [-0.3, -0.25) is 4.40 Å². The molecule has 0 amide bonds. The summed E-state index contributed by atoms with van der Waals surface area (Å²) >= 11 is 0. The quantitative estimate of drug-likeness (QED) is 0.495. The Kier molecular flexibility index (Phi) is 4.59. The van der Waals surface area contributed by atoms with Gasteiger partial charge in [0.05, 0.1) is 19.3 Å². The molecule has 1 aliphatic heterocycles. The molecule has 1 N–H and O–H groups in total. The molecule has 31 heavy (non-hydrogen) atoms. The lowest BCUT2D eigenvalue weighted by atomic mass is 10.0. The van der Waals surface area contributed by atoms with Crippen LogP contribution in [-0.2, 0) is 13.0 Å². The minimum absolute atomic E-state index is 0.231. The summed E-state index contributed by atoms with van der Waals surface area (Å²) in [7, 11) is 1.55. The van der Waals surface area contributed by atoms with E-state index in [4.69, 9.17) is 16.0 Å². The number of hydrogen-bond acceptors (Lipinski definition) is 6. The number of rotatable bonds is 5. The number of nitrogens with one attached hydrogen (secondary N) is 1. The molecule has 1 aromatic carbocycles. The molecular weight excluding hydrogens is 399 g/mol. The number of anilines is 1. The number of benzene rings is 1. The molecule has 4 aromatic rings. The number of nitrogens with zero attached hydrogens (tertiary/aromatic N) is 5. The van der Waals surface area contributed by atoms with Crippen LogP contribution >= 0.6 is 0 Å². The van der Waals surface area contributed by atoms with Crippen LogP contribution in [0, 0.1) is 12.4 Å². The second kappa shape index (κ2) is 7.57. The number of pyridine rings is 1. The number of halogens is 1. The van der Waals surface area contributed by atoms with Crippen molar-refractivity contribution in [3.05, 3.63) is 71.2 Å². The van der Waals surface area contributed by atoms with Crippen LogP contribution < -0.4 is 14.8 Å². The maximum atomic E-state index is 14.5. The molecule has 4 heterocycles. The Hall–Kier alpha value is -4.19. The highest BCUT2D eigenvalue weighted by Crippen LogP contribution is 2.32. The molecule has 0 spiro atoms. The fourth-order valence-corrected chi connectivity index (χ4v) is 3.72. The molecule has 3 aromatic heterocycles. The van der Waals surface area contributed by atoms with Crippen molar-refractivity contribution in [3.8, 4) is 22.8 Å². The van der Waals surface area contributed by atoms with Gasteiger partial charge in [0.1, 0.15) is 11.6 Å². The second-order valence-electron chi connectivity index (χ2n) is 6.94. The van der Waals surface area contributed by atoms with Crippen molar-refractivity contribution < 1.29 is 13.9 Å². The van der Waals surface area contributed by atoms with E-state index >= 15 is 0 Å². The first-order chi connectivity index (χ1) is 15.2. The maximum absolute atomic E-state index is 14.5. The number of methoxy groups -OCH3 is 1. The Balaban J connectivity index is 1.55. The van der Waals surface area contributed by atoms with Gasteiger partial charge in [0.25, 0.3) is 5.82 Å². The summed E-state index contributed by atoms with van der Waals surface area (Å²) in [4.78, 5) is 16.5. The Morgan fingerprint density at radius 2 is 2.23 bits per heavy atom. The van der Waals surface area contributed by atoms with Crippen LogP contribution in [0.5, 0.6) is 11.6 Å². The summed E-state index contributed by atoms with van der Waals surface area (Å²) < 4.78 is 26.9. The largest absolute Gasteiger partial charge is 0.493 e. The average molecular weight is 416 g/mol. The molecule has 0 saturated carbocycles. The van der Waals surface area contributed by atoms with Gasteiger partial charge in [-0.2, -0.15) is 0 Å².